The minimum Gasteiger partial charge on any atom is -0.454 e. The lowest BCUT2D eigenvalue weighted by Crippen LogP contribution is -2.49. The minimum atomic E-state index is 0.213. The Morgan fingerprint density at radius 2 is 1.81 bits per heavy atom. The number of hydrogen-bond donors (Lipinski definition) is 0. The molecule has 2 aromatic carbocycles. The molecule has 2 aliphatic heterocycles. The molecule has 1 aliphatic carbocycles. The average molecular weight is 422 g/mol. The first kappa shape index (κ1) is 20.3. The first-order chi connectivity index (χ1) is 15.2. The number of rotatable bonds is 5. The Bertz CT molecular complexity index is 939. The summed E-state index contributed by atoms with van der Waals surface area (Å²) in [5.74, 6) is 1.90. The first-order valence-corrected chi connectivity index (χ1v) is 11.3. The van der Waals surface area contributed by atoms with Crippen molar-refractivity contribution in [2.45, 2.75) is 31.8 Å². The van der Waals surface area contributed by atoms with E-state index in [-0.39, 0.29) is 11.9 Å². The summed E-state index contributed by atoms with van der Waals surface area (Å²) in [7, 11) is 1.98. The second-order valence-corrected chi connectivity index (χ2v) is 8.85. The number of fused-ring (bicyclic) bond motifs is 2. The zero-order chi connectivity index (χ0) is 21.2. The highest BCUT2D eigenvalue weighted by molar-refractivity contribution is 5.78. The summed E-state index contributed by atoms with van der Waals surface area (Å²) in [6, 6.07) is 15.0. The Labute approximate surface area is 184 Å². The molecule has 2 heterocycles. The second kappa shape index (κ2) is 8.89. The zero-order valence-electron chi connectivity index (χ0n) is 18.3. The number of hydrogen-bond acceptors (Lipinski definition) is 5. The van der Waals surface area contributed by atoms with Crippen molar-refractivity contribution in [3.05, 3.63) is 59.2 Å². The molecule has 0 spiro atoms. The minimum absolute atomic E-state index is 0.213. The zero-order valence-corrected chi connectivity index (χ0v) is 18.3. The van der Waals surface area contributed by atoms with Gasteiger partial charge >= 0.3 is 0 Å². The van der Waals surface area contributed by atoms with Gasteiger partial charge in [-0.05, 0) is 48.1 Å². The summed E-state index contributed by atoms with van der Waals surface area (Å²) in [6.45, 7) is 5.50. The molecule has 0 aromatic heterocycles. The lowest BCUT2D eigenvalue weighted by Gasteiger charge is -2.37. The molecule has 6 heteroatoms. The number of amides is 1. The predicted molar refractivity (Wildman–Crippen MR) is 119 cm³/mol. The molecule has 164 valence electrons. The van der Waals surface area contributed by atoms with Crippen molar-refractivity contribution in [1.82, 2.24) is 14.7 Å². The topological polar surface area (TPSA) is 45.3 Å². The molecule has 0 radical (unpaired) electrons. The van der Waals surface area contributed by atoms with Gasteiger partial charge in [-0.3, -0.25) is 14.6 Å². The Morgan fingerprint density at radius 1 is 1.03 bits per heavy atom. The van der Waals surface area contributed by atoms with E-state index in [0.717, 1.165) is 63.5 Å². The van der Waals surface area contributed by atoms with Gasteiger partial charge in [0.15, 0.2) is 11.5 Å². The SMILES string of the molecule is CN(C(=O)CN1CCN(Cc2ccc3c(c2)OCO3)CC1)C1CCCc2ccccc21. The van der Waals surface area contributed by atoms with Gasteiger partial charge in [-0.15, -0.1) is 0 Å². The van der Waals surface area contributed by atoms with Crippen LogP contribution in [0.15, 0.2) is 42.5 Å². The molecular weight excluding hydrogens is 390 g/mol. The molecule has 2 aromatic rings. The normalized spacial score (nSPS) is 21.0. The van der Waals surface area contributed by atoms with Crippen molar-refractivity contribution in [1.29, 1.82) is 0 Å². The summed E-state index contributed by atoms with van der Waals surface area (Å²) < 4.78 is 10.9. The van der Waals surface area contributed by atoms with E-state index >= 15 is 0 Å². The number of likely N-dealkylation sites (N-methyl/N-ethyl adjacent to an activating group) is 1. The van der Waals surface area contributed by atoms with Gasteiger partial charge in [0.2, 0.25) is 12.7 Å². The number of piperazine rings is 1. The number of ether oxygens (including phenoxy) is 2. The van der Waals surface area contributed by atoms with Gasteiger partial charge in [0, 0.05) is 39.8 Å². The van der Waals surface area contributed by atoms with Crippen LogP contribution in [-0.4, -0.2) is 67.2 Å². The summed E-state index contributed by atoms with van der Waals surface area (Å²) in [5.41, 5.74) is 3.97. The van der Waals surface area contributed by atoms with Crippen LogP contribution in [0.1, 0.15) is 35.6 Å². The third-order valence-corrected chi connectivity index (χ3v) is 6.87. The molecule has 1 unspecified atom stereocenters. The van der Waals surface area contributed by atoms with Crippen LogP contribution in [0.2, 0.25) is 0 Å². The van der Waals surface area contributed by atoms with Crippen LogP contribution in [0, 0.1) is 0 Å². The summed E-state index contributed by atoms with van der Waals surface area (Å²) in [5, 5.41) is 0. The molecule has 0 bridgehead atoms. The van der Waals surface area contributed by atoms with E-state index in [0.29, 0.717) is 13.3 Å². The molecular formula is C25H31N3O3. The van der Waals surface area contributed by atoms with E-state index in [9.17, 15) is 4.79 Å². The Balaban J connectivity index is 1.13. The van der Waals surface area contributed by atoms with Crippen molar-refractivity contribution in [2.24, 2.45) is 0 Å². The third kappa shape index (κ3) is 4.41. The van der Waals surface area contributed by atoms with Crippen LogP contribution in [-0.2, 0) is 17.8 Å². The molecule has 0 saturated carbocycles. The average Bonchev–Trinajstić information content (AvgIpc) is 3.27. The van der Waals surface area contributed by atoms with E-state index < -0.39 is 0 Å². The Hall–Kier alpha value is -2.57. The highest BCUT2D eigenvalue weighted by atomic mass is 16.7. The molecule has 31 heavy (non-hydrogen) atoms. The van der Waals surface area contributed by atoms with Gasteiger partial charge in [0.25, 0.3) is 0 Å². The second-order valence-electron chi connectivity index (χ2n) is 8.85. The standard InChI is InChI=1S/C25H31N3O3/c1-26(22-8-4-6-20-5-2-3-7-21(20)22)25(29)17-28-13-11-27(12-14-28)16-19-9-10-23-24(15-19)31-18-30-23/h2-3,5,7,9-10,15,22H,4,6,8,11-14,16-18H2,1H3. The van der Waals surface area contributed by atoms with Crippen molar-refractivity contribution in [3.63, 3.8) is 0 Å². The fourth-order valence-electron chi connectivity index (χ4n) is 5.01. The van der Waals surface area contributed by atoms with Gasteiger partial charge in [0.05, 0.1) is 12.6 Å². The first-order valence-electron chi connectivity index (χ1n) is 11.3. The van der Waals surface area contributed by atoms with Crippen LogP contribution in [0.5, 0.6) is 11.5 Å². The molecule has 1 fully saturated rings. The smallest absolute Gasteiger partial charge is 0.237 e. The number of carbonyl (C=O) groups excluding carboxylic acids is 1. The van der Waals surface area contributed by atoms with E-state index in [1.54, 1.807) is 0 Å². The molecule has 3 aliphatic rings. The maximum atomic E-state index is 13.0. The molecule has 1 amide bonds. The summed E-state index contributed by atoms with van der Waals surface area (Å²) in [4.78, 5) is 19.8. The van der Waals surface area contributed by atoms with Gasteiger partial charge in [-0.2, -0.15) is 0 Å². The van der Waals surface area contributed by atoms with E-state index in [2.05, 4.69) is 46.2 Å². The van der Waals surface area contributed by atoms with Crippen LogP contribution in [0.3, 0.4) is 0 Å². The summed E-state index contributed by atoms with van der Waals surface area (Å²) >= 11 is 0. The van der Waals surface area contributed by atoms with Crippen LogP contribution >= 0.6 is 0 Å². The van der Waals surface area contributed by atoms with Crippen LogP contribution in [0.4, 0.5) is 0 Å². The Kier molecular flexibility index (Phi) is 5.83. The molecule has 6 nitrogen and oxygen atoms in total. The van der Waals surface area contributed by atoms with E-state index in [1.165, 1.54) is 16.7 Å². The molecule has 1 atom stereocenters. The number of aryl methyl sites for hydroxylation is 1. The molecule has 1 saturated heterocycles. The molecule has 5 rings (SSSR count). The lowest BCUT2D eigenvalue weighted by atomic mass is 9.87. The fourth-order valence-corrected chi connectivity index (χ4v) is 5.01. The van der Waals surface area contributed by atoms with E-state index in [1.807, 2.05) is 18.0 Å². The third-order valence-electron chi connectivity index (χ3n) is 6.87. The van der Waals surface area contributed by atoms with Crippen molar-refractivity contribution in [2.75, 3.05) is 46.6 Å². The monoisotopic (exact) mass is 421 g/mol. The van der Waals surface area contributed by atoms with Gasteiger partial charge in [0.1, 0.15) is 0 Å². The predicted octanol–water partition coefficient (Wildman–Crippen LogP) is 3.07. The van der Waals surface area contributed by atoms with Crippen molar-refractivity contribution >= 4 is 5.91 Å². The van der Waals surface area contributed by atoms with Gasteiger partial charge in [-0.25, -0.2) is 0 Å². The van der Waals surface area contributed by atoms with Gasteiger partial charge in [-0.1, -0.05) is 30.3 Å². The number of nitrogens with zero attached hydrogens (tertiary/aromatic N) is 3. The number of benzene rings is 2. The van der Waals surface area contributed by atoms with Crippen LogP contribution < -0.4 is 9.47 Å². The highest BCUT2D eigenvalue weighted by Gasteiger charge is 2.28. The lowest BCUT2D eigenvalue weighted by molar-refractivity contribution is -0.134. The maximum Gasteiger partial charge on any atom is 0.237 e. The summed E-state index contributed by atoms with van der Waals surface area (Å²) in [6.07, 6.45) is 3.33. The van der Waals surface area contributed by atoms with Gasteiger partial charge < -0.3 is 14.4 Å². The quantitative estimate of drug-likeness (QED) is 0.743. The largest absolute Gasteiger partial charge is 0.454 e. The maximum absolute atomic E-state index is 13.0. The Morgan fingerprint density at radius 3 is 2.68 bits per heavy atom. The highest BCUT2D eigenvalue weighted by Crippen LogP contribution is 2.34. The van der Waals surface area contributed by atoms with Crippen LogP contribution in [0.25, 0.3) is 0 Å². The van der Waals surface area contributed by atoms with E-state index in [4.69, 9.17) is 9.47 Å². The fraction of sp³-hybridized carbons (Fsp3) is 0.480. The van der Waals surface area contributed by atoms with Crippen molar-refractivity contribution < 1.29 is 14.3 Å². The number of carbonyl (C=O) groups is 1. The van der Waals surface area contributed by atoms with Crippen molar-refractivity contribution in [3.8, 4) is 11.5 Å². The molecule has 0 N–H and O–H groups in total.